The molecule has 2 heterocycles. The molecule has 1 fully saturated rings. The molecular formula is C8H13N5O2. The van der Waals surface area contributed by atoms with Gasteiger partial charge in [0.05, 0.1) is 13.2 Å². The second kappa shape index (κ2) is 4.35. The Morgan fingerprint density at radius 3 is 2.93 bits per heavy atom. The first-order valence-corrected chi connectivity index (χ1v) is 4.90. The lowest BCUT2D eigenvalue weighted by Gasteiger charge is -2.20. The quantitative estimate of drug-likeness (QED) is 0.657. The van der Waals surface area contributed by atoms with Gasteiger partial charge in [0, 0.05) is 0 Å². The first-order valence-electron chi connectivity index (χ1n) is 4.90. The maximum Gasteiger partial charge on any atom is 0.379 e. The molecule has 0 unspecified atom stereocenters. The van der Waals surface area contributed by atoms with Gasteiger partial charge in [0.1, 0.15) is 0 Å². The van der Waals surface area contributed by atoms with Gasteiger partial charge in [-0.25, -0.2) is 4.79 Å². The van der Waals surface area contributed by atoms with Crippen LogP contribution in [0.25, 0.3) is 0 Å². The first-order chi connectivity index (χ1) is 7.31. The number of tetrazole rings is 1. The Balaban J connectivity index is 2.08. The van der Waals surface area contributed by atoms with Gasteiger partial charge in [0.25, 0.3) is 5.82 Å². The molecule has 0 atom stereocenters. The van der Waals surface area contributed by atoms with E-state index in [1.54, 1.807) is 0 Å². The molecule has 0 spiro atoms. The van der Waals surface area contributed by atoms with Gasteiger partial charge in [0.15, 0.2) is 0 Å². The normalized spacial score (nSPS) is 17.7. The average Bonchev–Trinajstić information content (AvgIpc) is 2.78. The van der Waals surface area contributed by atoms with E-state index < -0.39 is 5.97 Å². The van der Waals surface area contributed by atoms with Gasteiger partial charge in [-0.15, -0.1) is 10.2 Å². The number of nitrogens with one attached hydrogen (secondary N) is 1. The lowest BCUT2D eigenvalue weighted by Crippen LogP contribution is -2.30. The van der Waals surface area contributed by atoms with Crippen LogP contribution in [0.1, 0.15) is 29.5 Å². The molecular weight excluding hydrogens is 198 g/mol. The van der Waals surface area contributed by atoms with Crippen LogP contribution < -0.4 is 5.32 Å². The maximum absolute atomic E-state index is 11.1. The van der Waals surface area contributed by atoms with Crippen LogP contribution in [0.5, 0.6) is 0 Å². The second-order valence-corrected chi connectivity index (χ2v) is 3.41. The van der Waals surface area contributed by atoms with Gasteiger partial charge in [0.2, 0.25) is 0 Å². The van der Waals surface area contributed by atoms with Crippen LogP contribution in [0, 0.1) is 0 Å². The Kier molecular flexibility index (Phi) is 2.91. The average molecular weight is 211 g/mol. The molecule has 7 nitrogen and oxygen atoms in total. The summed E-state index contributed by atoms with van der Waals surface area (Å²) in [5, 5.41) is 14.7. The molecule has 2 rings (SSSR count). The van der Waals surface area contributed by atoms with Crippen LogP contribution in [-0.4, -0.2) is 46.4 Å². The van der Waals surface area contributed by atoms with Crippen LogP contribution >= 0.6 is 0 Å². The number of esters is 1. The fraction of sp³-hybridized carbons (Fsp3) is 0.750. The van der Waals surface area contributed by atoms with Crippen LogP contribution in [-0.2, 0) is 4.74 Å². The highest BCUT2D eigenvalue weighted by molar-refractivity contribution is 5.84. The number of piperidine rings is 1. The summed E-state index contributed by atoms with van der Waals surface area (Å²) in [6, 6.07) is 0.233. The number of rotatable bonds is 2. The minimum Gasteiger partial charge on any atom is -0.463 e. The summed E-state index contributed by atoms with van der Waals surface area (Å²) in [5.74, 6) is -0.522. The van der Waals surface area contributed by atoms with Crippen molar-refractivity contribution in [3.8, 4) is 0 Å². The summed E-state index contributed by atoms with van der Waals surface area (Å²) in [7, 11) is 1.30. The predicted octanol–water partition coefficient (Wildman–Crippen LogP) is -0.616. The Bertz CT molecular complexity index is 345. The first kappa shape index (κ1) is 10.0. The molecule has 1 aliphatic rings. The van der Waals surface area contributed by atoms with Crippen LogP contribution in [0.3, 0.4) is 0 Å². The van der Waals surface area contributed by atoms with Crippen molar-refractivity contribution in [1.29, 1.82) is 0 Å². The molecule has 0 amide bonds. The maximum atomic E-state index is 11.1. The molecule has 0 saturated carbocycles. The molecule has 7 heteroatoms. The third kappa shape index (κ3) is 2.12. The zero-order valence-electron chi connectivity index (χ0n) is 8.51. The van der Waals surface area contributed by atoms with Crippen molar-refractivity contribution in [1.82, 2.24) is 25.5 Å². The molecule has 1 saturated heterocycles. The van der Waals surface area contributed by atoms with Gasteiger partial charge in [-0.05, 0) is 31.1 Å². The fourth-order valence-electron chi connectivity index (χ4n) is 1.59. The molecule has 1 N–H and O–H groups in total. The molecule has 1 aromatic heterocycles. The van der Waals surface area contributed by atoms with E-state index >= 15 is 0 Å². The third-order valence-electron chi connectivity index (χ3n) is 2.43. The van der Waals surface area contributed by atoms with Gasteiger partial charge >= 0.3 is 5.97 Å². The summed E-state index contributed by atoms with van der Waals surface area (Å²) in [6.45, 7) is 1.89. The lowest BCUT2D eigenvalue weighted by molar-refractivity contribution is 0.0586. The van der Waals surface area contributed by atoms with E-state index in [9.17, 15) is 4.79 Å². The van der Waals surface area contributed by atoms with Crippen molar-refractivity contribution in [2.75, 3.05) is 20.2 Å². The lowest BCUT2D eigenvalue weighted by atomic mass is 10.1. The third-order valence-corrected chi connectivity index (χ3v) is 2.43. The van der Waals surface area contributed by atoms with E-state index in [4.69, 9.17) is 0 Å². The van der Waals surface area contributed by atoms with Crippen LogP contribution in [0.15, 0.2) is 0 Å². The molecule has 0 aromatic carbocycles. The van der Waals surface area contributed by atoms with Crippen molar-refractivity contribution < 1.29 is 9.53 Å². The number of aromatic nitrogens is 4. The Labute approximate surface area is 86.8 Å². The standard InChI is InChI=1S/C8H13N5O2/c1-15-8(14)7-10-12-13(11-7)6-2-4-9-5-3-6/h6,9H,2-5H2,1H3. The molecule has 82 valence electrons. The van der Waals surface area contributed by atoms with Crippen LogP contribution in [0.2, 0.25) is 0 Å². The van der Waals surface area contributed by atoms with Crippen molar-refractivity contribution >= 4 is 5.97 Å². The predicted molar refractivity (Wildman–Crippen MR) is 50.3 cm³/mol. The molecule has 0 aliphatic carbocycles. The SMILES string of the molecule is COC(=O)c1nnn(C2CCNCC2)n1. The highest BCUT2D eigenvalue weighted by atomic mass is 16.5. The highest BCUT2D eigenvalue weighted by Crippen LogP contribution is 2.15. The number of carbonyl (C=O) groups excluding carboxylic acids is 1. The number of carbonyl (C=O) groups is 1. The minimum absolute atomic E-state index is 0.0241. The number of ether oxygens (including phenoxy) is 1. The fourth-order valence-corrected chi connectivity index (χ4v) is 1.59. The van der Waals surface area contributed by atoms with Crippen molar-refractivity contribution in [3.05, 3.63) is 5.82 Å². The second-order valence-electron chi connectivity index (χ2n) is 3.41. The van der Waals surface area contributed by atoms with E-state index in [-0.39, 0.29) is 11.9 Å². The molecule has 0 bridgehead atoms. The number of hydrogen-bond donors (Lipinski definition) is 1. The topological polar surface area (TPSA) is 81.9 Å². The molecule has 1 aromatic rings. The van der Waals surface area contributed by atoms with E-state index in [1.165, 1.54) is 11.9 Å². The molecule has 1 aliphatic heterocycles. The Morgan fingerprint density at radius 1 is 1.53 bits per heavy atom. The largest absolute Gasteiger partial charge is 0.463 e. The monoisotopic (exact) mass is 211 g/mol. The summed E-state index contributed by atoms with van der Waals surface area (Å²) >= 11 is 0. The van der Waals surface area contributed by atoms with E-state index in [1.807, 2.05) is 0 Å². The van der Waals surface area contributed by atoms with Gasteiger partial charge in [-0.1, -0.05) is 0 Å². The van der Waals surface area contributed by atoms with E-state index in [0.717, 1.165) is 25.9 Å². The van der Waals surface area contributed by atoms with Gasteiger partial charge < -0.3 is 10.1 Å². The molecule has 0 radical (unpaired) electrons. The van der Waals surface area contributed by atoms with Crippen LogP contribution in [0.4, 0.5) is 0 Å². The summed E-state index contributed by atoms with van der Waals surface area (Å²) in [4.78, 5) is 12.6. The van der Waals surface area contributed by atoms with Crippen molar-refractivity contribution in [2.24, 2.45) is 0 Å². The molecule has 15 heavy (non-hydrogen) atoms. The summed E-state index contributed by atoms with van der Waals surface area (Å²) in [5.41, 5.74) is 0. The summed E-state index contributed by atoms with van der Waals surface area (Å²) < 4.78 is 4.51. The van der Waals surface area contributed by atoms with E-state index in [0.29, 0.717) is 0 Å². The Morgan fingerprint density at radius 2 is 2.27 bits per heavy atom. The van der Waals surface area contributed by atoms with Gasteiger partial charge in [-0.3, -0.25) is 0 Å². The number of nitrogens with zero attached hydrogens (tertiary/aromatic N) is 4. The number of methoxy groups -OCH3 is 1. The van der Waals surface area contributed by atoms with Crippen molar-refractivity contribution in [2.45, 2.75) is 18.9 Å². The van der Waals surface area contributed by atoms with Crippen molar-refractivity contribution in [3.63, 3.8) is 0 Å². The minimum atomic E-state index is -0.546. The van der Waals surface area contributed by atoms with Gasteiger partial charge in [-0.2, -0.15) is 4.80 Å². The smallest absolute Gasteiger partial charge is 0.379 e. The highest BCUT2D eigenvalue weighted by Gasteiger charge is 2.20. The summed E-state index contributed by atoms with van der Waals surface area (Å²) in [6.07, 6.45) is 1.91. The number of hydrogen-bond acceptors (Lipinski definition) is 6. The Hall–Kier alpha value is -1.50. The zero-order valence-corrected chi connectivity index (χ0v) is 8.51. The zero-order chi connectivity index (χ0) is 10.7. The van der Waals surface area contributed by atoms with E-state index in [2.05, 4.69) is 25.5 Å².